The fourth-order valence-corrected chi connectivity index (χ4v) is 2.93. The van der Waals surface area contributed by atoms with Crippen molar-refractivity contribution in [1.29, 1.82) is 0 Å². The lowest BCUT2D eigenvalue weighted by atomic mass is 10.2. The highest BCUT2D eigenvalue weighted by Crippen LogP contribution is 2.31. The molecule has 1 unspecified atom stereocenters. The molecule has 1 aromatic heterocycles. The second-order valence-corrected chi connectivity index (χ2v) is 8.66. The average Bonchev–Trinajstić information content (AvgIpc) is 2.81. The van der Waals surface area contributed by atoms with Crippen LogP contribution in [-0.2, 0) is 14.2 Å². The zero-order valence-corrected chi connectivity index (χ0v) is 17.3. The first-order valence-corrected chi connectivity index (χ1v) is 8.88. The number of nitrogens with one attached hydrogen (secondary N) is 1. The number of anilines is 1. The molecular weight excluding hydrogens is 360 g/mol. The van der Waals surface area contributed by atoms with E-state index in [0.29, 0.717) is 15.4 Å². The Morgan fingerprint density at radius 3 is 2.23 bits per heavy atom. The molecule has 1 amide bonds. The van der Waals surface area contributed by atoms with Crippen LogP contribution >= 0.6 is 11.3 Å². The molecule has 1 aromatic rings. The first kappa shape index (κ1) is 22.2. The lowest BCUT2D eigenvalue weighted by Crippen LogP contribution is -2.52. The summed E-state index contributed by atoms with van der Waals surface area (Å²) in [5.74, 6) is -0.498. The van der Waals surface area contributed by atoms with Gasteiger partial charge in [-0.05, 0) is 60.1 Å². The Labute approximate surface area is 158 Å². The van der Waals surface area contributed by atoms with Gasteiger partial charge in [-0.2, -0.15) is 0 Å². The molecule has 1 heterocycles. The number of aryl methyl sites for hydroxylation is 1. The quantitative estimate of drug-likeness (QED) is 0.454. The number of carbonyl (C=O) groups is 2. The molecule has 0 aliphatic carbocycles. The Balaban J connectivity index is 3.15. The third-order valence-electron chi connectivity index (χ3n) is 2.80. The van der Waals surface area contributed by atoms with Crippen molar-refractivity contribution in [3.05, 3.63) is 16.5 Å². The number of ether oxygens (including phenoxy) is 3. The molecule has 0 saturated heterocycles. The van der Waals surface area contributed by atoms with Gasteiger partial charge in [0.1, 0.15) is 15.5 Å². The van der Waals surface area contributed by atoms with Gasteiger partial charge in [0.25, 0.3) is 6.41 Å². The van der Waals surface area contributed by atoms with Crippen LogP contribution in [0.2, 0.25) is 0 Å². The largest absolute Gasteiger partial charge is 0.465 e. The van der Waals surface area contributed by atoms with Crippen molar-refractivity contribution >= 4 is 28.4 Å². The predicted octanol–water partition coefficient (Wildman–Crippen LogP) is 3.18. The van der Waals surface area contributed by atoms with Crippen molar-refractivity contribution in [2.75, 3.05) is 12.1 Å². The van der Waals surface area contributed by atoms with Gasteiger partial charge in [0, 0.05) is 0 Å². The predicted molar refractivity (Wildman–Crippen MR) is 99.1 cm³/mol. The Morgan fingerprint density at radius 2 is 1.77 bits per heavy atom. The van der Waals surface area contributed by atoms with Gasteiger partial charge in [0.2, 0.25) is 0 Å². The number of nitrogens with zero attached hydrogens (tertiary/aromatic N) is 1. The number of hydrogen-bond donors (Lipinski definition) is 2. The topological polar surface area (TPSA) is 97.3 Å². The first-order valence-electron chi connectivity index (χ1n) is 8.07. The van der Waals surface area contributed by atoms with Gasteiger partial charge < -0.3 is 19.3 Å². The summed E-state index contributed by atoms with van der Waals surface area (Å²) in [5.41, 5.74) is 1.72. The highest BCUT2D eigenvalue weighted by atomic mass is 32.1. The molecule has 1 rings (SSSR count). The van der Waals surface area contributed by atoms with Crippen molar-refractivity contribution in [1.82, 2.24) is 5.43 Å². The van der Waals surface area contributed by atoms with Crippen molar-refractivity contribution in [3.8, 4) is 0 Å². The third-order valence-corrected chi connectivity index (χ3v) is 4.02. The van der Waals surface area contributed by atoms with E-state index in [1.165, 1.54) is 7.11 Å². The van der Waals surface area contributed by atoms with Crippen molar-refractivity contribution < 1.29 is 28.9 Å². The summed E-state index contributed by atoms with van der Waals surface area (Å²) in [6, 6.07) is 1.64. The number of hydrazine groups is 1. The summed E-state index contributed by atoms with van der Waals surface area (Å²) < 4.78 is 15.5. The molecule has 0 saturated carbocycles. The molecule has 8 nitrogen and oxygen atoms in total. The monoisotopic (exact) mass is 388 g/mol. The maximum atomic E-state index is 12.2. The molecule has 0 spiro atoms. The number of aliphatic hydroxyl groups is 1. The Hall–Kier alpha value is -1.84. The van der Waals surface area contributed by atoms with E-state index in [4.69, 9.17) is 14.2 Å². The number of thiophene rings is 1. The maximum Gasteiger partial charge on any atom is 0.426 e. The van der Waals surface area contributed by atoms with Crippen LogP contribution in [0.4, 0.5) is 9.80 Å². The summed E-state index contributed by atoms with van der Waals surface area (Å²) >= 11 is 1.06. The molecule has 26 heavy (non-hydrogen) atoms. The van der Waals surface area contributed by atoms with Crippen molar-refractivity contribution in [3.63, 3.8) is 0 Å². The summed E-state index contributed by atoms with van der Waals surface area (Å²) in [6.45, 7) is 12.2. The number of hydrogen-bond acceptors (Lipinski definition) is 8. The van der Waals surface area contributed by atoms with E-state index in [9.17, 15) is 14.7 Å². The number of aliphatic hydroxyl groups excluding tert-OH is 1. The standard InChI is InChI=1S/C17H28N2O6S/c1-10-9-11(26-12(10)13(20)23-8)19(15(22)25-17(5,6)7)18-14(21)24-16(2,3)4/h9,15,22H,1-8H3,(H,18,21). The van der Waals surface area contributed by atoms with Crippen molar-refractivity contribution in [2.45, 2.75) is 66.1 Å². The molecule has 148 valence electrons. The summed E-state index contributed by atoms with van der Waals surface area (Å²) in [4.78, 5) is 24.4. The van der Waals surface area contributed by atoms with E-state index in [2.05, 4.69) is 5.43 Å². The highest BCUT2D eigenvalue weighted by molar-refractivity contribution is 7.18. The number of esters is 1. The minimum atomic E-state index is -1.49. The zero-order valence-electron chi connectivity index (χ0n) is 16.5. The van der Waals surface area contributed by atoms with Crippen LogP contribution in [0.15, 0.2) is 6.07 Å². The SMILES string of the molecule is COC(=O)c1sc(N(NC(=O)OC(C)(C)C)C(O)OC(C)(C)C)cc1C. The lowest BCUT2D eigenvalue weighted by molar-refractivity contribution is -0.168. The lowest BCUT2D eigenvalue weighted by Gasteiger charge is -2.33. The molecular formula is C17H28N2O6S. The molecule has 1 atom stereocenters. The molecule has 0 aliphatic heterocycles. The highest BCUT2D eigenvalue weighted by Gasteiger charge is 2.29. The van der Waals surface area contributed by atoms with Gasteiger partial charge in [-0.1, -0.05) is 0 Å². The van der Waals surface area contributed by atoms with Gasteiger partial charge in [-0.15, -0.1) is 11.3 Å². The van der Waals surface area contributed by atoms with Crippen LogP contribution < -0.4 is 10.4 Å². The van der Waals surface area contributed by atoms with Crippen LogP contribution in [-0.4, -0.2) is 41.9 Å². The summed E-state index contributed by atoms with van der Waals surface area (Å²) in [5, 5.41) is 12.0. The van der Waals surface area contributed by atoms with Gasteiger partial charge in [0.05, 0.1) is 12.7 Å². The number of methoxy groups -OCH3 is 1. The van der Waals surface area contributed by atoms with E-state index < -0.39 is 29.7 Å². The van der Waals surface area contributed by atoms with Crippen LogP contribution in [0.5, 0.6) is 0 Å². The molecule has 0 fully saturated rings. The van der Waals surface area contributed by atoms with Gasteiger partial charge in [-0.25, -0.2) is 20.0 Å². The fourth-order valence-electron chi connectivity index (χ4n) is 1.87. The number of amides is 1. The fraction of sp³-hybridized carbons (Fsp3) is 0.647. The Morgan fingerprint density at radius 1 is 1.19 bits per heavy atom. The van der Waals surface area contributed by atoms with E-state index in [-0.39, 0.29) is 0 Å². The smallest absolute Gasteiger partial charge is 0.426 e. The first-order chi connectivity index (χ1) is 11.7. The number of rotatable bonds is 5. The minimum absolute atomic E-state index is 0.362. The molecule has 9 heteroatoms. The van der Waals surface area contributed by atoms with Gasteiger partial charge in [-0.3, -0.25) is 0 Å². The molecule has 2 N–H and O–H groups in total. The van der Waals surface area contributed by atoms with Crippen LogP contribution in [0, 0.1) is 6.92 Å². The van der Waals surface area contributed by atoms with Gasteiger partial charge in [0.15, 0.2) is 0 Å². The van der Waals surface area contributed by atoms with E-state index >= 15 is 0 Å². The Kier molecular flexibility index (Phi) is 7.03. The molecule has 0 aromatic carbocycles. The van der Waals surface area contributed by atoms with Crippen molar-refractivity contribution in [2.24, 2.45) is 0 Å². The normalized spacial score (nSPS) is 13.1. The minimum Gasteiger partial charge on any atom is -0.465 e. The van der Waals surface area contributed by atoms with Crippen LogP contribution in [0.25, 0.3) is 0 Å². The molecule has 0 aliphatic rings. The van der Waals surface area contributed by atoms with Crippen LogP contribution in [0.3, 0.4) is 0 Å². The van der Waals surface area contributed by atoms with E-state index in [0.717, 1.165) is 16.3 Å². The summed E-state index contributed by atoms with van der Waals surface area (Å²) in [6.07, 6.45) is -2.26. The maximum absolute atomic E-state index is 12.2. The van der Waals surface area contributed by atoms with Gasteiger partial charge >= 0.3 is 12.1 Å². The third kappa shape index (κ3) is 6.81. The number of carbonyl (C=O) groups excluding carboxylic acids is 2. The average molecular weight is 388 g/mol. The second-order valence-electron chi connectivity index (χ2n) is 7.63. The van der Waals surface area contributed by atoms with Crippen LogP contribution in [0.1, 0.15) is 56.8 Å². The molecule has 0 radical (unpaired) electrons. The zero-order chi connectivity index (χ0) is 20.3. The molecule has 0 bridgehead atoms. The summed E-state index contributed by atoms with van der Waals surface area (Å²) in [7, 11) is 1.29. The Bertz CT molecular complexity index is 645. The van der Waals surface area contributed by atoms with E-state index in [1.54, 1.807) is 54.5 Å². The second kappa shape index (κ2) is 8.24. The van der Waals surface area contributed by atoms with E-state index in [1.807, 2.05) is 0 Å².